The third-order valence-corrected chi connectivity index (χ3v) is 1.44. The highest BCUT2D eigenvalue weighted by molar-refractivity contribution is 5.76. The third-order valence-electron chi connectivity index (χ3n) is 1.44. The molecule has 0 unspecified atom stereocenters. The fraction of sp³-hybridized carbons (Fsp3) is 0.571. The summed E-state index contributed by atoms with van der Waals surface area (Å²) in [6.07, 6.45) is -0.457. The predicted octanol–water partition coefficient (Wildman–Crippen LogP) is -0.697. The number of aliphatic carboxylic acids is 3. The molecule has 10 N–H and O–H groups in total. The minimum atomic E-state index is -1.26. The van der Waals surface area contributed by atoms with Gasteiger partial charge in [-0.1, -0.05) is 0 Å². The molecule has 0 amide bonds. The maximum atomic E-state index is 10.5. The smallest absolute Gasteiger partial charge is 0.320 e. The minimum Gasteiger partial charge on any atom is -0.481 e. The molecular weight excluding hydrogens is 222 g/mol. The van der Waals surface area contributed by atoms with Crippen LogP contribution in [0.15, 0.2) is 0 Å². The van der Waals surface area contributed by atoms with Crippen molar-refractivity contribution in [3.8, 4) is 0 Å². The number of carboxylic acids is 3. The van der Waals surface area contributed by atoms with Gasteiger partial charge in [0.25, 0.3) is 0 Å². The first-order valence-corrected chi connectivity index (χ1v) is 3.83. The zero-order chi connectivity index (χ0) is 11.1. The average Bonchev–Trinajstić information content (AvgIpc) is 2.02. The van der Waals surface area contributed by atoms with Gasteiger partial charge in [-0.3, -0.25) is 19.7 Å². The van der Waals surface area contributed by atoms with E-state index in [4.69, 9.17) is 15.3 Å². The molecule has 0 radical (unpaired) electrons. The topological polar surface area (TPSA) is 194 Å². The fourth-order valence-corrected chi connectivity index (χ4v) is 0.791. The first-order valence-electron chi connectivity index (χ1n) is 3.83. The maximum Gasteiger partial charge on any atom is 0.320 e. The van der Waals surface area contributed by atoms with Crippen molar-refractivity contribution in [2.75, 3.05) is 6.54 Å². The lowest BCUT2D eigenvalue weighted by molar-refractivity contribution is -0.141. The number of nitrogens with one attached hydrogen (secondary N) is 1. The maximum absolute atomic E-state index is 10.5. The van der Waals surface area contributed by atoms with Gasteiger partial charge in [-0.05, 0) is 6.42 Å². The molecule has 96 valence electrons. The van der Waals surface area contributed by atoms with Gasteiger partial charge >= 0.3 is 17.9 Å². The standard InChI is InChI=1S/C7H11NO6.2H3N/c9-5(10)2-1-4(7(13)14)8-3-6(11)12;;/h4,8H,1-3H2,(H,9,10)(H,11,12)(H,13,14);2*1H3/t4-;;/m0../s1. The lowest BCUT2D eigenvalue weighted by atomic mass is 10.1. The SMILES string of the molecule is N.N.O=C(O)CC[C@H](NCC(=O)O)C(=O)O. The molecule has 0 bridgehead atoms. The van der Waals surface area contributed by atoms with Gasteiger partial charge < -0.3 is 27.6 Å². The second-order valence-corrected chi connectivity index (χ2v) is 2.60. The molecule has 0 heterocycles. The van der Waals surface area contributed by atoms with Gasteiger partial charge in [0.15, 0.2) is 0 Å². The Kier molecular flexibility index (Phi) is 12.2. The summed E-state index contributed by atoms with van der Waals surface area (Å²) in [6, 6.07) is -1.14. The molecule has 0 aromatic carbocycles. The molecule has 9 heteroatoms. The summed E-state index contributed by atoms with van der Waals surface area (Å²) in [4.78, 5) is 30.7. The van der Waals surface area contributed by atoms with Gasteiger partial charge in [-0.2, -0.15) is 0 Å². The van der Waals surface area contributed by atoms with Crippen LogP contribution < -0.4 is 17.6 Å². The van der Waals surface area contributed by atoms with E-state index in [-0.39, 0.29) is 25.1 Å². The molecule has 0 spiro atoms. The molecule has 0 saturated carbocycles. The van der Waals surface area contributed by atoms with E-state index < -0.39 is 30.5 Å². The lowest BCUT2D eigenvalue weighted by Gasteiger charge is -2.10. The van der Waals surface area contributed by atoms with Gasteiger partial charge in [-0.25, -0.2) is 0 Å². The molecule has 1 atom stereocenters. The first kappa shape index (κ1) is 19.8. The van der Waals surface area contributed by atoms with Crippen LogP contribution in [0.5, 0.6) is 0 Å². The largest absolute Gasteiger partial charge is 0.481 e. The molecule has 0 aliphatic heterocycles. The second kappa shape index (κ2) is 9.83. The van der Waals surface area contributed by atoms with Gasteiger partial charge in [0, 0.05) is 6.42 Å². The monoisotopic (exact) mass is 239 g/mol. The molecule has 16 heavy (non-hydrogen) atoms. The predicted molar refractivity (Wildman–Crippen MR) is 54.0 cm³/mol. The summed E-state index contributed by atoms with van der Waals surface area (Å²) in [5.41, 5.74) is 0. The number of hydrogen-bond donors (Lipinski definition) is 6. The van der Waals surface area contributed by atoms with Crippen LogP contribution in [0.2, 0.25) is 0 Å². The number of carbonyl (C=O) groups is 3. The van der Waals surface area contributed by atoms with E-state index in [2.05, 4.69) is 5.32 Å². The van der Waals surface area contributed by atoms with Gasteiger partial charge in [0.1, 0.15) is 6.04 Å². The van der Waals surface area contributed by atoms with Crippen molar-refractivity contribution < 1.29 is 29.7 Å². The highest BCUT2D eigenvalue weighted by atomic mass is 16.4. The number of carboxylic acid groups (broad SMARTS) is 3. The van der Waals surface area contributed by atoms with Gasteiger partial charge in [-0.15, -0.1) is 0 Å². The fourth-order valence-electron chi connectivity index (χ4n) is 0.791. The Bertz CT molecular complexity index is 226. The summed E-state index contributed by atoms with van der Waals surface area (Å²) in [6.45, 7) is -0.503. The van der Waals surface area contributed by atoms with Crippen LogP contribution in [0.25, 0.3) is 0 Å². The Labute approximate surface area is 91.6 Å². The summed E-state index contributed by atoms with van der Waals surface area (Å²) < 4.78 is 0. The quantitative estimate of drug-likeness (QED) is 0.333. The molecule has 0 rings (SSSR count). The van der Waals surface area contributed by atoms with Crippen LogP contribution in [0.1, 0.15) is 12.8 Å². The average molecular weight is 239 g/mol. The molecule has 9 nitrogen and oxygen atoms in total. The van der Waals surface area contributed by atoms with E-state index in [0.717, 1.165) is 0 Å². The zero-order valence-corrected chi connectivity index (χ0v) is 8.68. The molecule has 0 aliphatic rings. The lowest BCUT2D eigenvalue weighted by Crippen LogP contribution is -2.39. The van der Waals surface area contributed by atoms with Gasteiger partial charge in [0.2, 0.25) is 0 Å². The minimum absolute atomic E-state index is 0. The van der Waals surface area contributed by atoms with E-state index >= 15 is 0 Å². The van der Waals surface area contributed by atoms with Crippen molar-refractivity contribution >= 4 is 17.9 Å². The van der Waals surface area contributed by atoms with Crippen molar-refractivity contribution in [3.05, 3.63) is 0 Å². The Hall–Kier alpha value is -1.71. The van der Waals surface area contributed by atoms with Crippen molar-refractivity contribution in [3.63, 3.8) is 0 Å². The normalized spacial score (nSPS) is 10.5. The highest BCUT2D eigenvalue weighted by Gasteiger charge is 2.18. The molecular formula is C7H17N3O6. The van der Waals surface area contributed by atoms with Crippen LogP contribution in [-0.2, 0) is 14.4 Å². The molecule has 0 aliphatic carbocycles. The number of rotatable bonds is 7. The molecule has 0 aromatic heterocycles. The zero-order valence-electron chi connectivity index (χ0n) is 8.68. The molecule has 0 fully saturated rings. The summed E-state index contributed by atoms with van der Waals surface area (Å²) >= 11 is 0. The Balaban J connectivity index is -0.000000845. The van der Waals surface area contributed by atoms with E-state index in [1.165, 1.54) is 0 Å². The summed E-state index contributed by atoms with van der Waals surface area (Å²) in [5.74, 6) is -3.56. The van der Waals surface area contributed by atoms with Crippen LogP contribution >= 0.6 is 0 Å². The van der Waals surface area contributed by atoms with Crippen molar-refractivity contribution in [1.82, 2.24) is 17.6 Å². The van der Waals surface area contributed by atoms with E-state index in [1.54, 1.807) is 0 Å². The van der Waals surface area contributed by atoms with Crippen LogP contribution in [0.3, 0.4) is 0 Å². The van der Waals surface area contributed by atoms with E-state index in [9.17, 15) is 14.4 Å². The molecule has 0 saturated heterocycles. The Morgan fingerprint density at radius 3 is 1.81 bits per heavy atom. The van der Waals surface area contributed by atoms with E-state index in [1.807, 2.05) is 0 Å². The second-order valence-electron chi connectivity index (χ2n) is 2.60. The Morgan fingerprint density at radius 2 is 1.50 bits per heavy atom. The summed E-state index contributed by atoms with van der Waals surface area (Å²) in [5, 5.41) is 27.3. The van der Waals surface area contributed by atoms with Gasteiger partial charge in [0.05, 0.1) is 6.54 Å². The summed E-state index contributed by atoms with van der Waals surface area (Å²) in [7, 11) is 0. The van der Waals surface area contributed by atoms with Crippen molar-refractivity contribution in [1.29, 1.82) is 0 Å². The van der Waals surface area contributed by atoms with Crippen molar-refractivity contribution in [2.45, 2.75) is 18.9 Å². The number of hydrogen-bond acceptors (Lipinski definition) is 6. The first-order chi connectivity index (χ1) is 6.43. The molecule has 0 aromatic rings. The van der Waals surface area contributed by atoms with Crippen LogP contribution in [0.4, 0.5) is 0 Å². The van der Waals surface area contributed by atoms with E-state index in [0.29, 0.717) is 0 Å². The third kappa shape index (κ3) is 10.4. The van der Waals surface area contributed by atoms with Crippen LogP contribution in [0, 0.1) is 0 Å². The van der Waals surface area contributed by atoms with Crippen LogP contribution in [-0.4, -0.2) is 45.8 Å². The van der Waals surface area contributed by atoms with Crippen molar-refractivity contribution in [2.24, 2.45) is 0 Å². The highest BCUT2D eigenvalue weighted by Crippen LogP contribution is 1.97. The Morgan fingerprint density at radius 1 is 1.00 bits per heavy atom.